The molecule has 0 aliphatic rings. The molecule has 0 radical (unpaired) electrons. The monoisotopic (exact) mass is 469 g/mol. The highest BCUT2D eigenvalue weighted by Crippen LogP contribution is 2.23. The largest absolute Gasteiger partial charge is 0.322 e. The molecular weight excluding hydrogens is 452 g/mol. The lowest BCUT2D eigenvalue weighted by molar-refractivity contribution is 0.102. The summed E-state index contributed by atoms with van der Waals surface area (Å²) in [7, 11) is 1.79. The molecule has 2 heterocycles. The van der Waals surface area contributed by atoms with Crippen LogP contribution in [0.5, 0.6) is 0 Å². The van der Waals surface area contributed by atoms with Crippen LogP contribution in [-0.4, -0.2) is 31.4 Å². The number of fused-ring (bicyclic) bond motifs is 1. The minimum atomic E-state index is -0.803. The fraction of sp³-hybridized carbons (Fsp3) is 0.0385. The number of hydrogen-bond donors (Lipinski definition) is 1. The highest BCUT2D eigenvalue weighted by molar-refractivity contribution is 6.11. The minimum Gasteiger partial charge on any atom is -0.322 e. The molecule has 0 fully saturated rings. The van der Waals surface area contributed by atoms with Gasteiger partial charge in [0, 0.05) is 35.6 Å². The zero-order valence-corrected chi connectivity index (χ0v) is 18.4. The lowest BCUT2D eigenvalue weighted by Gasteiger charge is -2.09. The number of aromatic nitrogens is 4. The molecule has 2 aromatic heterocycles. The molecule has 7 nitrogen and oxygen atoms in total. The van der Waals surface area contributed by atoms with Crippen molar-refractivity contribution in [1.29, 1.82) is 0 Å². The maximum Gasteiger partial charge on any atom is 0.255 e. The van der Waals surface area contributed by atoms with E-state index in [4.69, 9.17) is 0 Å². The Kier molecular flexibility index (Phi) is 5.58. The summed E-state index contributed by atoms with van der Waals surface area (Å²) in [6.07, 6.45) is 5.08. The van der Waals surface area contributed by atoms with Gasteiger partial charge in [-0.3, -0.25) is 19.3 Å². The van der Waals surface area contributed by atoms with Gasteiger partial charge in [-0.15, -0.1) is 0 Å². The first-order valence-electron chi connectivity index (χ1n) is 10.5. The van der Waals surface area contributed by atoms with Crippen LogP contribution in [-0.2, 0) is 7.05 Å². The number of carbonyl (C=O) groups excluding carboxylic acids is 2. The van der Waals surface area contributed by atoms with E-state index in [0.29, 0.717) is 16.7 Å². The summed E-state index contributed by atoms with van der Waals surface area (Å²) in [4.78, 5) is 34.3. The van der Waals surface area contributed by atoms with E-state index in [1.165, 1.54) is 30.3 Å². The van der Waals surface area contributed by atoms with E-state index in [-0.39, 0.29) is 22.4 Å². The summed E-state index contributed by atoms with van der Waals surface area (Å²) < 4.78 is 29.8. The van der Waals surface area contributed by atoms with Gasteiger partial charge in [-0.25, -0.2) is 13.8 Å². The summed E-state index contributed by atoms with van der Waals surface area (Å²) in [6.45, 7) is 0. The third-order valence-corrected chi connectivity index (χ3v) is 5.36. The number of halogens is 2. The number of hydrogen-bond acceptors (Lipinski definition) is 5. The molecule has 0 unspecified atom stereocenters. The molecule has 5 rings (SSSR count). The molecule has 5 aromatic rings. The van der Waals surface area contributed by atoms with Gasteiger partial charge in [0.2, 0.25) is 0 Å². The zero-order chi connectivity index (χ0) is 24.5. The lowest BCUT2D eigenvalue weighted by Crippen LogP contribution is -2.13. The quantitative estimate of drug-likeness (QED) is 0.374. The Balaban J connectivity index is 1.40. The third kappa shape index (κ3) is 4.51. The number of rotatable bonds is 5. The molecule has 172 valence electrons. The van der Waals surface area contributed by atoms with Crippen molar-refractivity contribution in [3.8, 4) is 11.3 Å². The summed E-state index contributed by atoms with van der Waals surface area (Å²) in [5.74, 6) is -2.50. The van der Waals surface area contributed by atoms with Crippen LogP contribution in [0, 0.1) is 11.6 Å². The Morgan fingerprint density at radius 1 is 0.914 bits per heavy atom. The van der Waals surface area contributed by atoms with Crippen molar-refractivity contribution >= 4 is 28.4 Å². The Morgan fingerprint density at radius 2 is 1.77 bits per heavy atom. The van der Waals surface area contributed by atoms with E-state index < -0.39 is 23.3 Å². The van der Waals surface area contributed by atoms with Crippen LogP contribution in [0.1, 0.15) is 26.3 Å². The van der Waals surface area contributed by atoms with Crippen molar-refractivity contribution in [2.24, 2.45) is 7.05 Å². The molecule has 3 aromatic carbocycles. The van der Waals surface area contributed by atoms with E-state index in [2.05, 4.69) is 20.4 Å². The predicted octanol–water partition coefficient (Wildman–Crippen LogP) is 4.79. The van der Waals surface area contributed by atoms with Gasteiger partial charge in [0.1, 0.15) is 11.6 Å². The highest BCUT2D eigenvalue weighted by Gasteiger charge is 2.17. The third-order valence-electron chi connectivity index (χ3n) is 5.36. The Labute approximate surface area is 198 Å². The first kappa shape index (κ1) is 22.0. The maximum absolute atomic E-state index is 14.8. The number of aryl methyl sites for hydroxylation is 1. The molecule has 0 spiro atoms. The lowest BCUT2D eigenvalue weighted by atomic mass is 10.0. The van der Waals surface area contributed by atoms with Crippen molar-refractivity contribution in [3.05, 3.63) is 108 Å². The molecule has 9 heteroatoms. The SMILES string of the molecule is Cn1cc(-c2cnc3ccc(C(=O)c4ccc(NC(=O)c5cccc(F)c5)cc4F)cc3n2)cn1. The molecule has 1 N–H and O–H groups in total. The first-order chi connectivity index (χ1) is 16.9. The second-order valence-electron chi connectivity index (χ2n) is 7.85. The van der Waals surface area contributed by atoms with Gasteiger partial charge in [0.05, 0.1) is 34.7 Å². The molecule has 1 amide bonds. The molecule has 0 aliphatic heterocycles. The van der Waals surface area contributed by atoms with Gasteiger partial charge in [0.25, 0.3) is 5.91 Å². The van der Waals surface area contributed by atoms with Crippen LogP contribution in [0.2, 0.25) is 0 Å². The second-order valence-corrected chi connectivity index (χ2v) is 7.85. The van der Waals surface area contributed by atoms with Crippen molar-refractivity contribution in [1.82, 2.24) is 19.7 Å². The predicted molar refractivity (Wildman–Crippen MR) is 126 cm³/mol. The molecule has 0 bridgehead atoms. The average molecular weight is 469 g/mol. The van der Waals surface area contributed by atoms with Crippen LogP contribution >= 0.6 is 0 Å². The molecule has 0 saturated heterocycles. The fourth-order valence-corrected chi connectivity index (χ4v) is 3.61. The van der Waals surface area contributed by atoms with Gasteiger partial charge in [-0.2, -0.15) is 5.10 Å². The van der Waals surface area contributed by atoms with Crippen LogP contribution in [0.25, 0.3) is 22.3 Å². The number of carbonyl (C=O) groups is 2. The Morgan fingerprint density at radius 3 is 2.51 bits per heavy atom. The van der Waals surface area contributed by atoms with E-state index in [1.807, 2.05) is 0 Å². The van der Waals surface area contributed by atoms with Crippen molar-refractivity contribution < 1.29 is 18.4 Å². The Hall–Kier alpha value is -4.79. The number of nitrogens with zero attached hydrogens (tertiary/aromatic N) is 4. The fourth-order valence-electron chi connectivity index (χ4n) is 3.61. The average Bonchev–Trinajstić information content (AvgIpc) is 3.29. The van der Waals surface area contributed by atoms with Crippen molar-refractivity contribution in [2.45, 2.75) is 0 Å². The minimum absolute atomic E-state index is 0.0912. The molecule has 0 saturated carbocycles. The molecular formula is C26H17F2N5O2. The summed E-state index contributed by atoms with van der Waals surface area (Å²) in [5.41, 5.74) is 2.75. The van der Waals surface area contributed by atoms with Crippen LogP contribution < -0.4 is 5.32 Å². The molecule has 35 heavy (non-hydrogen) atoms. The summed E-state index contributed by atoms with van der Waals surface area (Å²) in [5, 5.41) is 6.62. The van der Waals surface area contributed by atoms with Gasteiger partial charge in [0.15, 0.2) is 5.78 Å². The van der Waals surface area contributed by atoms with Gasteiger partial charge >= 0.3 is 0 Å². The van der Waals surface area contributed by atoms with Gasteiger partial charge in [-0.1, -0.05) is 6.07 Å². The van der Waals surface area contributed by atoms with Crippen LogP contribution in [0.15, 0.2) is 79.3 Å². The van der Waals surface area contributed by atoms with E-state index in [1.54, 1.807) is 48.5 Å². The van der Waals surface area contributed by atoms with Gasteiger partial charge < -0.3 is 5.32 Å². The second kappa shape index (κ2) is 8.86. The highest BCUT2D eigenvalue weighted by atomic mass is 19.1. The zero-order valence-electron chi connectivity index (χ0n) is 18.4. The van der Waals surface area contributed by atoms with E-state index >= 15 is 0 Å². The number of benzene rings is 3. The number of ketones is 1. The molecule has 0 aliphatic carbocycles. The smallest absolute Gasteiger partial charge is 0.255 e. The summed E-state index contributed by atoms with van der Waals surface area (Å²) >= 11 is 0. The van der Waals surface area contributed by atoms with Gasteiger partial charge in [-0.05, 0) is 54.6 Å². The number of amides is 1. The van der Waals surface area contributed by atoms with E-state index in [9.17, 15) is 18.4 Å². The number of anilines is 1. The van der Waals surface area contributed by atoms with Crippen molar-refractivity contribution in [3.63, 3.8) is 0 Å². The normalized spacial score (nSPS) is 10.9. The number of nitrogens with one attached hydrogen (secondary N) is 1. The first-order valence-corrected chi connectivity index (χ1v) is 10.5. The maximum atomic E-state index is 14.8. The topological polar surface area (TPSA) is 89.8 Å². The Bertz CT molecular complexity index is 1610. The van der Waals surface area contributed by atoms with E-state index in [0.717, 1.165) is 17.7 Å². The van der Waals surface area contributed by atoms with Crippen LogP contribution in [0.3, 0.4) is 0 Å². The van der Waals surface area contributed by atoms with Crippen LogP contribution in [0.4, 0.5) is 14.5 Å². The van der Waals surface area contributed by atoms with Crippen molar-refractivity contribution in [2.75, 3.05) is 5.32 Å². The molecule has 0 atom stereocenters. The summed E-state index contributed by atoms with van der Waals surface area (Å²) in [6, 6.07) is 13.7. The standard InChI is InChI=1S/C26H17F2N5O2/c1-33-14-17(12-30-33)24-13-29-22-8-5-15(10-23(22)32-24)25(34)20-7-6-19(11-21(20)28)31-26(35)16-3-2-4-18(27)9-16/h2-14H,1H3,(H,31,35).